The van der Waals surface area contributed by atoms with Gasteiger partial charge in [0, 0.05) is 5.69 Å². The summed E-state index contributed by atoms with van der Waals surface area (Å²) in [6.07, 6.45) is 0. The highest BCUT2D eigenvalue weighted by Gasteiger charge is 2.18. The van der Waals surface area contributed by atoms with Crippen LogP contribution < -0.4 is 10.0 Å². The van der Waals surface area contributed by atoms with Gasteiger partial charge in [0.15, 0.2) is 0 Å². The van der Waals surface area contributed by atoms with Crippen LogP contribution in [0.25, 0.3) is 10.8 Å². The average molecular weight is 402 g/mol. The van der Waals surface area contributed by atoms with Crippen molar-refractivity contribution in [2.45, 2.75) is 4.90 Å². The van der Waals surface area contributed by atoms with Crippen LogP contribution in [0, 0.1) is 0 Å². The van der Waals surface area contributed by atoms with Crippen molar-refractivity contribution in [2.24, 2.45) is 0 Å². The fourth-order valence-corrected chi connectivity index (χ4v) is 4.14. The summed E-state index contributed by atoms with van der Waals surface area (Å²) in [5.41, 5.74) is 1.09. The maximum atomic E-state index is 12.8. The lowest BCUT2D eigenvalue weighted by atomic mass is 10.1. The van der Waals surface area contributed by atoms with Crippen LogP contribution >= 0.6 is 0 Å². The number of carbonyl (C=O) groups is 1. The minimum Gasteiger partial charge on any atom is -0.322 e. The van der Waals surface area contributed by atoms with Gasteiger partial charge in [-0.2, -0.15) is 0 Å². The minimum atomic E-state index is -3.80. The van der Waals surface area contributed by atoms with Crippen molar-refractivity contribution in [3.8, 4) is 0 Å². The zero-order chi connectivity index (χ0) is 20.3. The maximum Gasteiger partial charge on any atom is 0.261 e. The van der Waals surface area contributed by atoms with E-state index in [2.05, 4.69) is 10.0 Å². The molecule has 0 heterocycles. The molecule has 29 heavy (non-hydrogen) atoms. The summed E-state index contributed by atoms with van der Waals surface area (Å²) in [5.74, 6) is -0.397. The van der Waals surface area contributed by atoms with Crippen LogP contribution in [-0.2, 0) is 10.0 Å². The molecule has 0 saturated carbocycles. The standard InChI is InChI=1S/C23H18N2O3S/c26-23(24-19-15-14-17-8-4-5-9-18(17)16-19)21-12-6-7-13-22(21)25-29(27,28)20-10-2-1-3-11-20/h1-16,25H,(H,24,26). The molecular weight excluding hydrogens is 384 g/mol. The molecule has 1 amide bonds. The number of benzene rings is 4. The van der Waals surface area contributed by atoms with E-state index in [1.54, 1.807) is 42.5 Å². The lowest BCUT2D eigenvalue weighted by Gasteiger charge is -2.13. The summed E-state index contributed by atoms with van der Waals surface area (Å²) < 4.78 is 27.8. The van der Waals surface area contributed by atoms with Crippen molar-refractivity contribution < 1.29 is 13.2 Å². The third-order valence-electron chi connectivity index (χ3n) is 4.48. The summed E-state index contributed by atoms with van der Waals surface area (Å²) in [5, 5.41) is 4.92. The molecule has 0 atom stereocenters. The molecule has 144 valence electrons. The van der Waals surface area contributed by atoms with Crippen molar-refractivity contribution in [1.82, 2.24) is 0 Å². The molecule has 0 bridgehead atoms. The first-order valence-corrected chi connectivity index (χ1v) is 10.5. The fourth-order valence-electron chi connectivity index (χ4n) is 3.04. The minimum absolute atomic E-state index is 0.129. The summed E-state index contributed by atoms with van der Waals surface area (Å²) in [4.78, 5) is 13.0. The van der Waals surface area contributed by atoms with Crippen molar-refractivity contribution in [1.29, 1.82) is 0 Å². The van der Waals surface area contributed by atoms with Gasteiger partial charge in [-0.05, 0) is 47.2 Å². The fraction of sp³-hybridized carbons (Fsp3) is 0. The number of nitrogens with one attached hydrogen (secondary N) is 2. The summed E-state index contributed by atoms with van der Waals surface area (Å²) in [6.45, 7) is 0. The molecule has 4 aromatic rings. The molecule has 0 spiro atoms. The highest BCUT2D eigenvalue weighted by molar-refractivity contribution is 7.92. The Morgan fingerprint density at radius 1 is 0.690 bits per heavy atom. The lowest BCUT2D eigenvalue weighted by molar-refractivity contribution is 0.102. The summed E-state index contributed by atoms with van der Waals surface area (Å²) in [7, 11) is -3.80. The van der Waals surface area contributed by atoms with E-state index in [4.69, 9.17) is 0 Å². The second kappa shape index (κ2) is 7.77. The van der Waals surface area contributed by atoms with Crippen molar-refractivity contribution >= 4 is 38.1 Å². The van der Waals surface area contributed by atoms with E-state index >= 15 is 0 Å². The van der Waals surface area contributed by atoms with Gasteiger partial charge < -0.3 is 5.32 Å². The second-order valence-electron chi connectivity index (χ2n) is 6.48. The van der Waals surface area contributed by atoms with Gasteiger partial charge in [-0.25, -0.2) is 8.42 Å². The van der Waals surface area contributed by atoms with E-state index in [1.807, 2.05) is 42.5 Å². The van der Waals surface area contributed by atoms with Gasteiger partial charge in [0.1, 0.15) is 0 Å². The third kappa shape index (κ3) is 4.12. The normalized spacial score (nSPS) is 11.2. The maximum absolute atomic E-state index is 12.8. The SMILES string of the molecule is O=C(Nc1ccc2ccccc2c1)c1ccccc1NS(=O)(=O)c1ccccc1. The summed E-state index contributed by atoms with van der Waals surface area (Å²) >= 11 is 0. The Bertz CT molecular complexity index is 1290. The number of hydrogen-bond donors (Lipinski definition) is 2. The molecule has 0 saturated heterocycles. The Hall–Kier alpha value is -3.64. The van der Waals surface area contributed by atoms with E-state index in [9.17, 15) is 13.2 Å². The van der Waals surface area contributed by atoms with Gasteiger partial charge in [0.2, 0.25) is 0 Å². The Balaban J connectivity index is 1.61. The van der Waals surface area contributed by atoms with Gasteiger partial charge in [0.25, 0.3) is 15.9 Å². The number of sulfonamides is 1. The Morgan fingerprint density at radius 2 is 1.34 bits per heavy atom. The number of fused-ring (bicyclic) bond motifs is 1. The predicted octanol–water partition coefficient (Wildman–Crippen LogP) is 4.89. The monoisotopic (exact) mass is 402 g/mol. The van der Waals surface area contributed by atoms with E-state index in [0.717, 1.165) is 10.8 Å². The molecule has 0 aliphatic heterocycles. The first kappa shape index (κ1) is 18.7. The molecule has 4 aromatic carbocycles. The number of para-hydroxylation sites is 1. The van der Waals surface area contributed by atoms with Crippen LogP contribution in [-0.4, -0.2) is 14.3 Å². The largest absolute Gasteiger partial charge is 0.322 e. The average Bonchev–Trinajstić information content (AvgIpc) is 2.74. The molecule has 5 nitrogen and oxygen atoms in total. The molecule has 4 rings (SSSR count). The van der Waals surface area contributed by atoms with Gasteiger partial charge in [0.05, 0.1) is 16.1 Å². The number of rotatable bonds is 5. The number of amides is 1. The molecule has 6 heteroatoms. The van der Waals surface area contributed by atoms with Gasteiger partial charge in [-0.1, -0.05) is 60.7 Å². The Morgan fingerprint density at radius 3 is 2.14 bits per heavy atom. The quantitative estimate of drug-likeness (QED) is 0.499. The number of hydrogen-bond acceptors (Lipinski definition) is 3. The van der Waals surface area contributed by atoms with E-state index in [1.165, 1.54) is 12.1 Å². The van der Waals surface area contributed by atoms with Crippen LogP contribution in [0.2, 0.25) is 0 Å². The van der Waals surface area contributed by atoms with Crippen molar-refractivity contribution in [3.63, 3.8) is 0 Å². The molecule has 0 radical (unpaired) electrons. The van der Waals surface area contributed by atoms with Crippen LogP contribution in [0.1, 0.15) is 10.4 Å². The lowest BCUT2D eigenvalue weighted by Crippen LogP contribution is -2.18. The van der Waals surface area contributed by atoms with E-state index < -0.39 is 15.9 Å². The van der Waals surface area contributed by atoms with Crippen LogP contribution in [0.5, 0.6) is 0 Å². The van der Waals surface area contributed by atoms with Crippen molar-refractivity contribution in [3.05, 3.63) is 103 Å². The molecule has 0 fully saturated rings. The van der Waals surface area contributed by atoms with Crippen LogP contribution in [0.3, 0.4) is 0 Å². The van der Waals surface area contributed by atoms with Gasteiger partial charge in [-0.15, -0.1) is 0 Å². The highest BCUT2D eigenvalue weighted by atomic mass is 32.2. The van der Waals surface area contributed by atoms with Gasteiger partial charge in [-0.3, -0.25) is 9.52 Å². The topological polar surface area (TPSA) is 75.3 Å². The number of carbonyl (C=O) groups excluding carboxylic acids is 1. The summed E-state index contributed by atoms with van der Waals surface area (Å²) in [6, 6.07) is 28.0. The zero-order valence-corrected chi connectivity index (χ0v) is 16.2. The van der Waals surface area contributed by atoms with Crippen molar-refractivity contribution in [2.75, 3.05) is 10.0 Å². The Kier molecular flexibility index (Phi) is 5.01. The molecular formula is C23H18N2O3S. The second-order valence-corrected chi connectivity index (χ2v) is 8.16. The van der Waals surface area contributed by atoms with Gasteiger partial charge >= 0.3 is 0 Å². The number of anilines is 2. The van der Waals surface area contributed by atoms with Crippen LogP contribution in [0.15, 0.2) is 102 Å². The Labute approximate surface area is 169 Å². The first-order chi connectivity index (χ1) is 14.0. The van der Waals surface area contributed by atoms with E-state index in [0.29, 0.717) is 5.69 Å². The molecule has 0 aliphatic carbocycles. The highest BCUT2D eigenvalue weighted by Crippen LogP contribution is 2.23. The van der Waals surface area contributed by atoms with E-state index in [-0.39, 0.29) is 16.1 Å². The smallest absolute Gasteiger partial charge is 0.261 e. The third-order valence-corrected chi connectivity index (χ3v) is 5.86. The predicted molar refractivity (Wildman–Crippen MR) is 116 cm³/mol. The first-order valence-electron chi connectivity index (χ1n) is 9.00. The van der Waals surface area contributed by atoms with Crippen LogP contribution in [0.4, 0.5) is 11.4 Å². The molecule has 0 aliphatic rings. The molecule has 2 N–H and O–H groups in total. The molecule has 0 aromatic heterocycles. The molecule has 0 unspecified atom stereocenters. The zero-order valence-electron chi connectivity index (χ0n) is 15.4.